The Balaban J connectivity index is 1.89. The average Bonchev–Trinajstić information content (AvgIpc) is 2.92. The molecule has 8 nitrogen and oxygen atoms in total. The molecule has 1 fully saturated rings. The molecule has 1 aromatic rings. The first kappa shape index (κ1) is 16.4. The molecule has 0 saturated carbocycles. The number of carbonyl (C=O) groups excluding carboxylic acids is 1. The molecule has 122 valence electrons. The zero-order chi connectivity index (χ0) is 16.3. The Morgan fingerprint density at radius 3 is 2.86 bits per heavy atom. The Labute approximate surface area is 127 Å². The Morgan fingerprint density at radius 2 is 2.23 bits per heavy atom. The monoisotopic (exact) mass is 311 g/mol. The van der Waals surface area contributed by atoms with Crippen LogP contribution in [0.2, 0.25) is 0 Å². The van der Waals surface area contributed by atoms with E-state index in [-0.39, 0.29) is 18.6 Å². The van der Waals surface area contributed by atoms with Crippen LogP contribution in [-0.4, -0.2) is 34.3 Å². The lowest BCUT2D eigenvalue weighted by Gasteiger charge is -2.18. The minimum absolute atomic E-state index is 0.00413. The van der Waals surface area contributed by atoms with Crippen LogP contribution in [0.4, 0.5) is 0 Å². The summed E-state index contributed by atoms with van der Waals surface area (Å²) >= 11 is 0. The molecule has 0 amide bonds. The Hall–Kier alpha value is -1.93. The van der Waals surface area contributed by atoms with Gasteiger partial charge in [-0.05, 0) is 18.8 Å². The van der Waals surface area contributed by atoms with Crippen molar-refractivity contribution in [2.24, 2.45) is 11.7 Å². The topological polar surface area (TPSA) is 116 Å². The number of aromatic amines is 1. The minimum atomic E-state index is -0.654. The van der Waals surface area contributed by atoms with Gasteiger partial charge in [-0.15, -0.1) is 0 Å². The van der Waals surface area contributed by atoms with Gasteiger partial charge in [-0.25, -0.2) is 4.79 Å². The highest BCUT2D eigenvalue weighted by Gasteiger charge is 2.29. The molecule has 0 spiro atoms. The number of hydrogen-bond acceptors (Lipinski definition) is 6. The van der Waals surface area contributed by atoms with E-state index in [4.69, 9.17) is 15.2 Å². The normalized spacial score (nSPS) is 22.7. The van der Waals surface area contributed by atoms with Crippen LogP contribution < -0.4 is 17.0 Å². The minimum Gasteiger partial charge on any atom is -0.462 e. The summed E-state index contributed by atoms with van der Waals surface area (Å²) in [6, 6.07) is 0.610. The lowest BCUT2D eigenvalue weighted by atomic mass is 10.1. The first-order valence-electron chi connectivity index (χ1n) is 7.27. The van der Waals surface area contributed by atoms with Gasteiger partial charge in [0.2, 0.25) is 0 Å². The number of nitrogens with two attached hydrogens (primary N) is 1. The van der Waals surface area contributed by atoms with Crippen LogP contribution in [-0.2, 0) is 14.3 Å². The van der Waals surface area contributed by atoms with Crippen LogP contribution in [0.25, 0.3) is 0 Å². The second-order valence-corrected chi connectivity index (χ2v) is 5.71. The van der Waals surface area contributed by atoms with Crippen molar-refractivity contribution in [2.45, 2.75) is 45.1 Å². The first-order valence-corrected chi connectivity index (χ1v) is 7.27. The number of ether oxygens (including phenoxy) is 2. The van der Waals surface area contributed by atoms with E-state index < -0.39 is 29.5 Å². The highest BCUT2D eigenvalue weighted by molar-refractivity contribution is 5.75. The third kappa shape index (κ3) is 3.83. The van der Waals surface area contributed by atoms with Crippen molar-refractivity contribution < 1.29 is 14.3 Å². The van der Waals surface area contributed by atoms with Crippen molar-refractivity contribution in [3.05, 3.63) is 33.1 Å². The quantitative estimate of drug-likeness (QED) is 0.724. The molecule has 0 unspecified atom stereocenters. The average molecular weight is 311 g/mol. The van der Waals surface area contributed by atoms with E-state index in [2.05, 4.69) is 4.98 Å². The summed E-state index contributed by atoms with van der Waals surface area (Å²) in [6.45, 7) is 3.79. The van der Waals surface area contributed by atoms with Gasteiger partial charge in [0.25, 0.3) is 5.56 Å². The molecule has 1 aliphatic heterocycles. The number of hydrogen-bond donors (Lipinski definition) is 2. The smallest absolute Gasteiger partial charge is 0.330 e. The summed E-state index contributed by atoms with van der Waals surface area (Å²) in [7, 11) is 0. The Kier molecular flexibility index (Phi) is 5.15. The lowest BCUT2D eigenvalue weighted by molar-refractivity contribution is -0.151. The van der Waals surface area contributed by atoms with Gasteiger partial charge in [-0.2, -0.15) is 0 Å². The van der Waals surface area contributed by atoms with Crippen LogP contribution in [0.3, 0.4) is 0 Å². The number of rotatable bonds is 5. The van der Waals surface area contributed by atoms with Gasteiger partial charge >= 0.3 is 11.7 Å². The van der Waals surface area contributed by atoms with E-state index in [0.29, 0.717) is 12.8 Å². The van der Waals surface area contributed by atoms with E-state index in [0.717, 1.165) is 0 Å². The SMILES string of the molecule is CC(C)[C@H](N)C(=O)OC[C@@H]1CC[C@H](n2ccc(=O)[nH]c2=O)O1. The van der Waals surface area contributed by atoms with Gasteiger partial charge < -0.3 is 15.2 Å². The third-order valence-electron chi connectivity index (χ3n) is 3.65. The lowest BCUT2D eigenvalue weighted by Crippen LogP contribution is -2.38. The molecule has 3 N–H and O–H groups in total. The van der Waals surface area contributed by atoms with Crippen molar-refractivity contribution in [1.29, 1.82) is 0 Å². The first-order chi connectivity index (χ1) is 10.4. The molecule has 1 saturated heterocycles. The van der Waals surface area contributed by atoms with E-state index >= 15 is 0 Å². The number of nitrogens with zero attached hydrogens (tertiary/aromatic N) is 1. The molecule has 0 aliphatic carbocycles. The van der Waals surface area contributed by atoms with Crippen LogP contribution in [0, 0.1) is 5.92 Å². The predicted octanol–water partition coefficient (Wildman–Crippen LogP) is -0.259. The van der Waals surface area contributed by atoms with Crippen LogP contribution >= 0.6 is 0 Å². The predicted molar refractivity (Wildman–Crippen MR) is 78.2 cm³/mol. The van der Waals surface area contributed by atoms with Gasteiger partial charge in [-0.3, -0.25) is 19.1 Å². The van der Waals surface area contributed by atoms with Gasteiger partial charge in [0, 0.05) is 12.3 Å². The maximum absolute atomic E-state index is 11.7. The zero-order valence-electron chi connectivity index (χ0n) is 12.7. The molecular weight excluding hydrogens is 290 g/mol. The summed E-state index contributed by atoms with van der Waals surface area (Å²) in [4.78, 5) is 36.6. The van der Waals surface area contributed by atoms with Gasteiger partial charge in [0.1, 0.15) is 18.9 Å². The van der Waals surface area contributed by atoms with Crippen molar-refractivity contribution in [2.75, 3.05) is 6.61 Å². The van der Waals surface area contributed by atoms with Gasteiger partial charge in [0.05, 0.1) is 6.10 Å². The number of nitrogens with one attached hydrogen (secondary N) is 1. The summed E-state index contributed by atoms with van der Waals surface area (Å²) in [6.07, 6.45) is 1.90. The van der Waals surface area contributed by atoms with Gasteiger partial charge in [0.15, 0.2) is 0 Å². The van der Waals surface area contributed by atoms with Crippen molar-refractivity contribution in [3.8, 4) is 0 Å². The summed E-state index contributed by atoms with van der Waals surface area (Å²) in [5, 5.41) is 0. The fourth-order valence-corrected chi connectivity index (χ4v) is 2.21. The Morgan fingerprint density at radius 1 is 1.50 bits per heavy atom. The molecule has 22 heavy (non-hydrogen) atoms. The number of H-pyrrole nitrogens is 1. The van der Waals surface area contributed by atoms with Crippen LogP contribution in [0.1, 0.15) is 32.9 Å². The molecule has 2 rings (SSSR count). The van der Waals surface area contributed by atoms with Crippen LogP contribution in [0.15, 0.2) is 21.9 Å². The van der Waals surface area contributed by atoms with E-state index in [1.54, 1.807) is 0 Å². The molecule has 8 heteroatoms. The maximum Gasteiger partial charge on any atom is 0.330 e. The van der Waals surface area contributed by atoms with Gasteiger partial charge in [-0.1, -0.05) is 13.8 Å². The molecule has 2 heterocycles. The van der Waals surface area contributed by atoms with E-state index in [1.165, 1.54) is 16.8 Å². The highest BCUT2D eigenvalue weighted by Crippen LogP contribution is 2.27. The van der Waals surface area contributed by atoms with Crippen molar-refractivity contribution in [3.63, 3.8) is 0 Å². The van der Waals surface area contributed by atoms with E-state index in [1.807, 2.05) is 13.8 Å². The van der Waals surface area contributed by atoms with E-state index in [9.17, 15) is 14.4 Å². The fraction of sp³-hybridized carbons (Fsp3) is 0.643. The number of esters is 1. The van der Waals surface area contributed by atoms with Crippen molar-refractivity contribution >= 4 is 5.97 Å². The third-order valence-corrected chi connectivity index (χ3v) is 3.65. The summed E-state index contributed by atoms with van der Waals surface area (Å²) in [5.41, 5.74) is 4.73. The molecular formula is C14H21N3O5. The number of aromatic nitrogens is 2. The summed E-state index contributed by atoms with van der Waals surface area (Å²) < 4.78 is 12.2. The van der Waals surface area contributed by atoms with Crippen LogP contribution in [0.5, 0.6) is 0 Å². The largest absolute Gasteiger partial charge is 0.462 e. The standard InChI is InChI=1S/C14H21N3O5/c1-8(2)12(15)13(19)21-7-9-3-4-11(22-9)17-6-5-10(18)16-14(17)20/h5-6,8-9,11-12H,3-4,7,15H2,1-2H3,(H,16,18,20)/t9-,11+,12-/m0/s1. The zero-order valence-corrected chi connectivity index (χ0v) is 12.7. The maximum atomic E-state index is 11.7. The Bertz CT molecular complexity index is 636. The summed E-state index contributed by atoms with van der Waals surface area (Å²) in [5.74, 6) is -0.451. The molecule has 3 atom stereocenters. The molecule has 0 radical (unpaired) electrons. The second-order valence-electron chi connectivity index (χ2n) is 5.71. The highest BCUT2D eigenvalue weighted by atomic mass is 16.6. The second kappa shape index (κ2) is 6.89. The molecule has 1 aromatic heterocycles. The molecule has 1 aliphatic rings. The molecule has 0 bridgehead atoms. The number of carbonyl (C=O) groups is 1. The fourth-order valence-electron chi connectivity index (χ4n) is 2.21. The molecule has 0 aromatic carbocycles. The van der Waals surface area contributed by atoms with Crippen molar-refractivity contribution in [1.82, 2.24) is 9.55 Å².